The fourth-order valence-corrected chi connectivity index (χ4v) is 4.47. The normalized spacial score (nSPS) is 14.1. The van der Waals surface area contributed by atoms with E-state index in [-0.39, 0.29) is 16.8 Å². The third-order valence-corrected chi connectivity index (χ3v) is 6.39. The van der Waals surface area contributed by atoms with Crippen LogP contribution >= 0.6 is 0 Å². The molecule has 1 atom stereocenters. The highest BCUT2D eigenvalue weighted by molar-refractivity contribution is 6.09. The Morgan fingerprint density at radius 2 is 1.73 bits per heavy atom. The Balaban J connectivity index is 1.55. The van der Waals surface area contributed by atoms with Gasteiger partial charge in [0.15, 0.2) is 0 Å². The van der Waals surface area contributed by atoms with Crippen molar-refractivity contribution in [3.05, 3.63) is 117 Å². The molecule has 2 heterocycles. The number of anilines is 3. The number of benzene rings is 3. The van der Waals surface area contributed by atoms with Crippen LogP contribution in [0.2, 0.25) is 0 Å². The molecule has 0 fully saturated rings. The van der Waals surface area contributed by atoms with Gasteiger partial charge in [-0.3, -0.25) is 19.7 Å². The lowest BCUT2D eigenvalue weighted by Gasteiger charge is -2.30. The first kappa shape index (κ1) is 26.1. The van der Waals surface area contributed by atoms with Crippen molar-refractivity contribution in [1.82, 2.24) is 9.78 Å². The number of carbonyl (C=O) groups is 2. The molecule has 4 aromatic rings. The number of methoxy groups -OCH3 is 1. The summed E-state index contributed by atoms with van der Waals surface area (Å²) in [4.78, 5) is 37.6. The molecule has 0 saturated heterocycles. The summed E-state index contributed by atoms with van der Waals surface area (Å²) in [5, 5.41) is 24.4. The van der Waals surface area contributed by atoms with Gasteiger partial charge in [-0.15, -0.1) is 0 Å². The summed E-state index contributed by atoms with van der Waals surface area (Å²) < 4.78 is 20.1. The van der Waals surface area contributed by atoms with Crippen molar-refractivity contribution in [1.29, 1.82) is 0 Å². The number of aromatic nitrogens is 2. The zero-order valence-corrected chi connectivity index (χ0v) is 21.3. The van der Waals surface area contributed by atoms with Crippen LogP contribution in [0.25, 0.3) is 0 Å². The van der Waals surface area contributed by atoms with Crippen molar-refractivity contribution >= 4 is 34.7 Å². The van der Waals surface area contributed by atoms with E-state index in [0.717, 1.165) is 0 Å². The lowest BCUT2D eigenvalue weighted by atomic mass is 9.94. The van der Waals surface area contributed by atoms with Crippen LogP contribution in [0.3, 0.4) is 0 Å². The van der Waals surface area contributed by atoms with E-state index in [9.17, 15) is 24.1 Å². The molecular weight excluding hydrogens is 519 g/mol. The molecule has 1 aliphatic heterocycles. The molecule has 11 nitrogen and oxygen atoms in total. The van der Waals surface area contributed by atoms with E-state index in [2.05, 4.69) is 21.0 Å². The monoisotopic (exact) mass is 542 g/mol. The van der Waals surface area contributed by atoms with Gasteiger partial charge in [-0.1, -0.05) is 12.1 Å². The second kappa shape index (κ2) is 10.7. The van der Waals surface area contributed by atoms with Crippen LogP contribution in [-0.4, -0.2) is 33.6 Å². The third-order valence-electron chi connectivity index (χ3n) is 6.39. The molecule has 2 amide bonds. The molecule has 0 saturated carbocycles. The quantitative estimate of drug-likeness (QED) is 0.217. The molecule has 3 aromatic carbocycles. The number of nitrogens with one attached hydrogen (secondary N) is 3. The summed E-state index contributed by atoms with van der Waals surface area (Å²) in [5.41, 5.74) is 2.16. The number of fused-ring (bicyclic) bond motifs is 1. The number of rotatable bonds is 7. The maximum Gasteiger partial charge on any atom is 0.269 e. The highest BCUT2D eigenvalue weighted by Crippen LogP contribution is 2.39. The highest BCUT2D eigenvalue weighted by Gasteiger charge is 2.35. The first-order valence-corrected chi connectivity index (χ1v) is 12.1. The summed E-state index contributed by atoms with van der Waals surface area (Å²) in [7, 11) is 1.49. The number of para-hydroxylation sites is 2. The lowest BCUT2D eigenvalue weighted by Crippen LogP contribution is -2.32. The Labute approximate surface area is 227 Å². The third kappa shape index (κ3) is 4.97. The van der Waals surface area contributed by atoms with Crippen molar-refractivity contribution in [2.24, 2.45) is 0 Å². The Bertz CT molecular complexity index is 1650. The summed E-state index contributed by atoms with van der Waals surface area (Å²) in [6.45, 7) is 1.69. The fourth-order valence-electron chi connectivity index (χ4n) is 4.47. The van der Waals surface area contributed by atoms with Crippen molar-refractivity contribution in [3.63, 3.8) is 0 Å². The topological polar surface area (TPSA) is 140 Å². The number of halogens is 1. The molecule has 0 spiro atoms. The molecule has 202 valence electrons. The van der Waals surface area contributed by atoms with Crippen LogP contribution in [0.4, 0.5) is 27.3 Å². The predicted molar refractivity (Wildman–Crippen MR) is 146 cm³/mol. The molecule has 1 aromatic heterocycles. The maximum atomic E-state index is 13.7. The average Bonchev–Trinajstić information content (AvgIpc) is 3.37. The zero-order valence-electron chi connectivity index (χ0n) is 21.3. The van der Waals surface area contributed by atoms with Gasteiger partial charge < -0.3 is 20.7 Å². The first-order valence-electron chi connectivity index (χ1n) is 12.1. The number of amides is 2. The van der Waals surface area contributed by atoms with E-state index in [1.807, 2.05) is 0 Å². The number of nitrogens with zero attached hydrogens (tertiary/aromatic N) is 3. The molecule has 0 unspecified atom stereocenters. The molecule has 3 N–H and O–H groups in total. The lowest BCUT2D eigenvalue weighted by molar-refractivity contribution is -0.384. The van der Waals surface area contributed by atoms with E-state index < -0.39 is 28.6 Å². The number of nitro benzene ring substituents is 1. The van der Waals surface area contributed by atoms with Gasteiger partial charge in [0.2, 0.25) is 0 Å². The molecule has 1 aliphatic rings. The molecule has 40 heavy (non-hydrogen) atoms. The second-order valence-corrected chi connectivity index (χ2v) is 8.88. The number of carbonyl (C=O) groups excluding carboxylic acids is 2. The molecule has 12 heteroatoms. The summed E-state index contributed by atoms with van der Waals surface area (Å²) in [6.07, 6.45) is 1.36. The van der Waals surface area contributed by atoms with Gasteiger partial charge in [-0.2, -0.15) is 5.10 Å². The second-order valence-electron chi connectivity index (χ2n) is 8.88. The van der Waals surface area contributed by atoms with E-state index in [1.165, 1.54) is 54.4 Å². The van der Waals surface area contributed by atoms with Gasteiger partial charge in [0, 0.05) is 23.5 Å². The number of non-ortho nitro benzene ring substituents is 1. The fraction of sp³-hybridized carbons (Fsp3) is 0.107. The highest BCUT2D eigenvalue weighted by atomic mass is 19.1. The predicted octanol–water partition coefficient (Wildman–Crippen LogP) is 5.12. The van der Waals surface area contributed by atoms with Crippen LogP contribution in [0, 0.1) is 15.9 Å². The van der Waals surface area contributed by atoms with Gasteiger partial charge in [0.05, 0.1) is 29.5 Å². The van der Waals surface area contributed by atoms with E-state index in [1.54, 1.807) is 43.3 Å². The maximum absolute atomic E-state index is 13.7. The van der Waals surface area contributed by atoms with Crippen LogP contribution in [-0.2, 0) is 4.79 Å². The van der Waals surface area contributed by atoms with Gasteiger partial charge in [0.1, 0.15) is 29.0 Å². The molecule has 0 radical (unpaired) electrons. The minimum Gasteiger partial charge on any atom is -0.495 e. The van der Waals surface area contributed by atoms with Crippen LogP contribution < -0.4 is 20.7 Å². The van der Waals surface area contributed by atoms with E-state index >= 15 is 0 Å². The number of allylic oxidation sites excluding steroid dienone is 1. The summed E-state index contributed by atoms with van der Waals surface area (Å²) in [6, 6.07) is 17.2. The van der Waals surface area contributed by atoms with Crippen molar-refractivity contribution in [2.75, 3.05) is 23.1 Å². The molecule has 0 bridgehead atoms. The Kier molecular flexibility index (Phi) is 6.98. The summed E-state index contributed by atoms with van der Waals surface area (Å²) in [5.74, 6) is -0.624. The van der Waals surface area contributed by atoms with Crippen molar-refractivity contribution in [3.8, 4) is 5.75 Å². The van der Waals surface area contributed by atoms with Gasteiger partial charge in [-0.05, 0) is 61.0 Å². The van der Waals surface area contributed by atoms with Crippen molar-refractivity contribution < 1.29 is 23.6 Å². The Morgan fingerprint density at radius 3 is 2.40 bits per heavy atom. The Hall–Kier alpha value is -5.52. The van der Waals surface area contributed by atoms with Gasteiger partial charge in [0.25, 0.3) is 17.5 Å². The Morgan fingerprint density at radius 1 is 1.02 bits per heavy atom. The number of nitro groups is 1. The first-order chi connectivity index (χ1) is 19.3. The molecule has 5 rings (SSSR count). The number of hydrogen-bond acceptors (Lipinski definition) is 7. The SMILES string of the molecule is COc1ccccc1NC(=O)C1=C(C)Nc2c(C(=O)Nc3ccc(F)cc3)cnn2[C@@H]1c1ccc([N+](=O)[O-])cc1. The smallest absolute Gasteiger partial charge is 0.269 e. The van der Waals surface area contributed by atoms with E-state index in [4.69, 9.17) is 4.74 Å². The van der Waals surface area contributed by atoms with Crippen LogP contribution in [0.15, 0.2) is 90.3 Å². The largest absolute Gasteiger partial charge is 0.495 e. The van der Waals surface area contributed by atoms with Crippen molar-refractivity contribution in [2.45, 2.75) is 13.0 Å². The van der Waals surface area contributed by atoms with Gasteiger partial charge >= 0.3 is 0 Å². The molecular formula is C28H23FN6O5. The average molecular weight is 543 g/mol. The van der Waals surface area contributed by atoms with E-state index in [0.29, 0.717) is 34.2 Å². The number of hydrogen-bond donors (Lipinski definition) is 3. The standard InChI is InChI=1S/C28H23FN6O5/c1-16-24(28(37)33-22-5-3-4-6-23(22)40-2)25(17-7-13-20(14-8-17)35(38)39)34-26(31-16)21(15-30-34)27(36)32-19-11-9-18(29)10-12-19/h3-15,25,31H,1-2H3,(H,32,36)(H,33,37)/t25-/m1/s1. The zero-order chi connectivity index (χ0) is 28.4. The van der Waals surface area contributed by atoms with Gasteiger partial charge in [-0.25, -0.2) is 9.07 Å². The minimum atomic E-state index is -0.834. The summed E-state index contributed by atoms with van der Waals surface area (Å²) >= 11 is 0. The minimum absolute atomic E-state index is 0.113. The molecule has 0 aliphatic carbocycles. The van der Waals surface area contributed by atoms with Crippen LogP contribution in [0.1, 0.15) is 28.9 Å². The number of ether oxygens (including phenoxy) is 1. The van der Waals surface area contributed by atoms with Crippen LogP contribution in [0.5, 0.6) is 5.75 Å².